The summed E-state index contributed by atoms with van der Waals surface area (Å²) in [4.78, 5) is 0. The van der Waals surface area contributed by atoms with Crippen molar-refractivity contribution in [2.24, 2.45) is 0 Å². The number of hydrogen-bond acceptors (Lipinski definition) is 2. The van der Waals surface area contributed by atoms with E-state index in [4.69, 9.17) is 0 Å². The van der Waals surface area contributed by atoms with E-state index in [0.717, 1.165) is 25.9 Å². The maximum atomic E-state index is 10.6. The van der Waals surface area contributed by atoms with E-state index in [9.17, 15) is 10.2 Å². The average Bonchev–Trinajstić information content (AvgIpc) is 2.83. The molecular formula is C32H68NO2+. The van der Waals surface area contributed by atoms with Crippen molar-refractivity contribution < 1.29 is 14.7 Å². The SMILES string of the molecule is CCCCCCCCCCCCCC[N+](CCCCCCCCCCCCCC)(C(C)O)C(C)O. The molecule has 0 aliphatic rings. The van der Waals surface area contributed by atoms with E-state index in [-0.39, 0.29) is 0 Å². The lowest BCUT2D eigenvalue weighted by Gasteiger charge is -2.43. The van der Waals surface area contributed by atoms with Crippen LogP contribution in [0.1, 0.15) is 182 Å². The molecule has 2 unspecified atom stereocenters. The molecule has 0 fully saturated rings. The Morgan fingerprint density at radius 1 is 0.371 bits per heavy atom. The molecule has 35 heavy (non-hydrogen) atoms. The first-order valence-corrected chi connectivity index (χ1v) is 16.2. The number of unbranched alkanes of at least 4 members (excludes halogenated alkanes) is 22. The number of hydrogen-bond donors (Lipinski definition) is 2. The van der Waals surface area contributed by atoms with Crippen LogP contribution in [-0.4, -0.2) is 40.2 Å². The molecule has 2 atom stereocenters. The second-order valence-electron chi connectivity index (χ2n) is 11.6. The van der Waals surface area contributed by atoms with Crippen LogP contribution in [0.4, 0.5) is 0 Å². The fourth-order valence-corrected chi connectivity index (χ4v) is 5.67. The fourth-order valence-electron chi connectivity index (χ4n) is 5.67. The van der Waals surface area contributed by atoms with Gasteiger partial charge in [-0.3, -0.25) is 4.48 Å². The maximum Gasteiger partial charge on any atom is 0.189 e. The molecule has 0 rings (SSSR count). The van der Waals surface area contributed by atoms with Crippen molar-refractivity contribution in [1.82, 2.24) is 0 Å². The minimum absolute atomic E-state index is 0.468. The number of quaternary nitrogens is 1. The zero-order valence-electron chi connectivity index (χ0n) is 24.9. The van der Waals surface area contributed by atoms with E-state index in [0.29, 0.717) is 4.48 Å². The molecule has 0 radical (unpaired) electrons. The zero-order valence-corrected chi connectivity index (χ0v) is 24.9. The third-order valence-corrected chi connectivity index (χ3v) is 8.34. The van der Waals surface area contributed by atoms with Crippen molar-refractivity contribution in [2.75, 3.05) is 13.1 Å². The summed E-state index contributed by atoms with van der Waals surface area (Å²) in [6.45, 7) is 10.1. The highest BCUT2D eigenvalue weighted by Crippen LogP contribution is 2.22. The molecule has 0 spiro atoms. The summed E-state index contributed by atoms with van der Waals surface area (Å²) in [7, 11) is 0. The topological polar surface area (TPSA) is 40.5 Å². The smallest absolute Gasteiger partial charge is 0.189 e. The molecule has 3 heteroatoms. The van der Waals surface area contributed by atoms with Gasteiger partial charge in [0.1, 0.15) is 0 Å². The Bertz CT molecular complexity index is 372. The van der Waals surface area contributed by atoms with Crippen LogP contribution >= 0.6 is 0 Å². The Labute approximate surface area is 222 Å². The van der Waals surface area contributed by atoms with Gasteiger partial charge < -0.3 is 10.2 Å². The highest BCUT2D eigenvalue weighted by atomic mass is 16.3. The van der Waals surface area contributed by atoms with E-state index in [1.165, 1.54) is 141 Å². The first-order valence-electron chi connectivity index (χ1n) is 16.2. The lowest BCUT2D eigenvalue weighted by Crippen LogP contribution is -2.60. The Balaban J connectivity index is 3.89. The van der Waals surface area contributed by atoms with Crippen LogP contribution in [0.25, 0.3) is 0 Å². The molecule has 0 aromatic heterocycles. The van der Waals surface area contributed by atoms with Gasteiger partial charge in [0.2, 0.25) is 0 Å². The van der Waals surface area contributed by atoms with Gasteiger partial charge in [-0.2, -0.15) is 0 Å². The van der Waals surface area contributed by atoms with Gasteiger partial charge in [-0.15, -0.1) is 0 Å². The number of nitrogens with zero attached hydrogens (tertiary/aromatic N) is 1. The average molecular weight is 499 g/mol. The minimum atomic E-state index is -0.490. The molecule has 212 valence electrons. The molecule has 0 aliphatic heterocycles. The lowest BCUT2D eigenvalue weighted by atomic mass is 10.0. The second kappa shape index (κ2) is 25.5. The summed E-state index contributed by atoms with van der Waals surface area (Å²) in [6, 6.07) is 0. The predicted octanol–water partition coefficient (Wildman–Crippen LogP) is 9.88. The second-order valence-corrected chi connectivity index (χ2v) is 11.6. The van der Waals surface area contributed by atoms with Crippen LogP contribution in [0, 0.1) is 0 Å². The molecule has 0 saturated carbocycles. The van der Waals surface area contributed by atoms with Crippen molar-refractivity contribution in [3.05, 3.63) is 0 Å². The van der Waals surface area contributed by atoms with Gasteiger partial charge in [0.15, 0.2) is 12.5 Å². The molecule has 0 aromatic carbocycles. The summed E-state index contributed by atoms with van der Waals surface area (Å²) in [5.41, 5.74) is 0. The van der Waals surface area contributed by atoms with Crippen LogP contribution in [-0.2, 0) is 0 Å². The Hall–Kier alpha value is -0.120. The molecule has 3 nitrogen and oxygen atoms in total. The normalized spacial score (nSPS) is 13.9. The van der Waals surface area contributed by atoms with Crippen LogP contribution in [0.3, 0.4) is 0 Å². The minimum Gasteiger partial charge on any atom is -0.345 e. The summed E-state index contributed by atoms with van der Waals surface area (Å²) in [6.07, 6.45) is 31.4. The summed E-state index contributed by atoms with van der Waals surface area (Å²) in [5, 5.41) is 21.2. The molecule has 0 bridgehead atoms. The highest BCUT2D eigenvalue weighted by Gasteiger charge is 2.36. The zero-order chi connectivity index (χ0) is 26.0. The molecule has 0 amide bonds. The van der Waals surface area contributed by atoms with Crippen LogP contribution in [0.5, 0.6) is 0 Å². The van der Waals surface area contributed by atoms with Crippen LogP contribution < -0.4 is 0 Å². The third-order valence-electron chi connectivity index (χ3n) is 8.34. The van der Waals surface area contributed by atoms with Crippen molar-refractivity contribution in [2.45, 2.75) is 194 Å². The van der Waals surface area contributed by atoms with Crippen LogP contribution in [0.15, 0.2) is 0 Å². The van der Waals surface area contributed by atoms with Crippen LogP contribution in [0.2, 0.25) is 0 Å². The first kappa shape index (κ1) is 34.9. The molecule has 2 N–H and O–H groups in total. The van der Waals surface area contributed by atoms with Gasteiger partial charge in [0.25, 0.3) is 0 Å². The lowest BCUT2D eigenvalue weighted by molar-refractivity contribution is -1.01. The summed E-state index contributed by atoms with van der Waals surface area (Å²) in [5.74, 6) is 0. The van der Waals surface area contributed by atoms with Gasteiger partial charge in [-0.25, -0.2) is 0 Å². The number of aliphatic hydroxyl groups excluding tert-OH is 2. The Kier molecular flexibility index (Phi) is 25.4. The van der Waals surface area contributed by atoms with Crippen molar-refractivity contribution in [3.8, 4) is 0 Å². The molecule has 0 aromatic rings. The van der Waals surface area contributed by atoms with E-state index >= 15 is 0 Å². The summed E-state index contributed by atoms with van der Waals surface area (Å²) >= 11 is 0. The maximum absolute atomic E-state index is 10.6. The Morgan fingerprint density at radius 3 is 0.771 bits per heavy atom. The van der Waals surface area contributed by atoms with Crippen molar-refractivity contribution in [3.63, 3.8) is 0 Å². The molecular weight excluding hydrogens is 430 g/mol. The van der Waals surface area contributed by atoms with Gasteiger partial charge in [0, 0.05) is 13.8 Å². The van der Waals surface area contributed by atoms with E-state index in [1.54, 1.807) is 0 Å². The predicted molar refractivity (Wildman–Crippen MR) is 156 cm³/mol. The van der Waals surface area contributed by atoms with Crippen molar-refractivity contribution in [1.29, 1.82) is 0 Å². The van der Waals surface area contributed by atoms with Gasteiger partial charge in [-0.1, -0.05) is 142 Å². The van der Waals surface area contributed by atoms with Gasteiger partial charge in [0.05, 0.1) is 13.1 Å². The van der Waals surface area contributed by atoms with E-state index in [1.807, 2.05) is 13.8 Å². The van der Waals surface area contributed by atoms with Gasteiger partial charge in [-0.05, 0) is 25.7 Å². The standard InChI is InChI=1S/C32H68NO2/c1-5-7-9-11-13-15-17-19-21-23-25-27-29-33(31(3)34,32(4)35)30-28-26-24-22-20-18-16-14-12-10-8-6-2/h31-32,34-35H,5-30H2,1-4H3/q+1. The molecule has 0 saturated heterocycles. The largest absolute Gasteiger partial charge is 0.345 e. The van der Waals surface area contributed by atoms with E-state index < -0.39 is 12.5 Å². The Morgan fingerprint density at radius 2 is 0.571 bits per heavy atom. The number of rotatable bonds is 28. The molecule has 0 aliphatic carbocycles. The monoisotopic (exact) mass is 499 g/mol. The highest BCUT2D eigenvalue weighted by molar-refractivity contribution is 4.54. The quantitative estimate of drug-likeness (QED) is 0.0640. The van der Waals surface area contributed by atoms with E-state index in [2.05, 4.69) is 13.8 Å². The summed E-state index contributed by atoms with van der Waals surface area (Å²) < 4.78 is 0.468. The number of aliphatic hydroxyl groups is 2. The van der Waals surface area contributed by atoms with Crippen molar-refractivity contribution >= 4 is 0 Å². The first-order chi connectivity index (χ1) is 17.0. The van der Waals surface area contributed by atoms with Gasteiger partial charge >= 0.3 is 0 Å². The third kappa shape index (κ3) is 19.6. The fraction of sp³-hybridized carbons (Fsp3) is 1.00. The molecule has 0 heterocycles.